The van der Waals surface area contributed by atoms with E-state index in [1.54, 1.807) is 13.0 Å². The van der Waals surface area contributed by atoms with Crippen molar-refractivity contribution in [2.45, 2.75) is 45.9 Å². The molecule has 0 aromatic carbocycles. The van der Waals surface area contributed by atoms with E-state index in [2.05, 4.69) is 4.72 Å². The predicted molar refractivity (Wildman–Crippen MR) is 75.5 cm³/mol. The zero-order chi connectivity index (χ0) is 14.9. The first-order chi connectivity index (χ1) is 9.28. The molecule has 1 N–H and O–H groups in total. The molecule has 1 aliphatic heterocycles. The molecule has 2 rings (SSSR count). The molecule has 3 unspecified atom stereocenters. The van der Waals surface area contributed by atoms with Gasteiger partial charge in [-0.15, -0.1) is 0 Å². The van der Waals surface area contributed by atoms with Gasteiger partial charge in [-0.05, 0) is 39.8 Å². The van der Waals surface area contributed by atoms with Crippen LogP contribution < -0.4 is 4.72 Å². The van der Waals surface area contributed by atoms with Crippen molar-refractivity contribution in [3.8, 4) is 0 Å². The van der Waals surface area contributed by atoms with Crippen molar-refractivity contribution in [3.05, 3.63) is 23.7 Å². The molecule has 1 aliphatic rings. The van der Waals surface area contributed by atoms with Crippen LogP contribution in [0.25, 0.3) is 0 Å². The van der Waals surface area contributed by atoms with Gasteiger partial charge in [0.15, 0.2) is 0 Å². The fourth-order valence-electron chi connectivity index (χ4n) is 2.37. The van der Waals surface area contributed by atoms with E-state index in [-0.39, 0.29) is 12.2 Å². The number of nitrogens with one attached hydrogen (secondary N) is 1. The number of ether oxygens (including phenoxy) is 1. The minimum atomic E-state index is -3.54. The van der Waals surface area contributed by atoms with E-state index in [0.29, 0.717) is 18.8 Å². The lowest BCUT2D eigenvalue weighted by atomic mass is 10.3. The fraction of sp³-hybridized carbons (Fsp3) is 0.692. The number of furan rings is 1. The van der Waals surface area contributed by atoms with Crippen LogP contribution >= 0.6 is 0 Å². The van der Waals surface area contributed by atoms with Gasteiger partial charge in [-0.1, -0.05) is 0 Å². The molecule has 1 saturated heterocycles. The van der Waals surface area contributed by atoms with Crippen LogP contribution in [0, 0.1) is 6.92 Å². The summed E-state index contributed by atoms with van der Waals surface area (Å²) in [7, 11) is -3.54. The second-order valence-electron chi connectivity index (χ2n) is 5.37. The van der Waals surface area contributed by atoms with Crippen LogP contribution in [0.2, 0.25) is 0 Å². The minimum absolute atomic E-state index is 0.100. The summed E-state index contributed by atoms with van der Waals surface area (Å²) >= 11 is 0. The number of hydrogen-bond acceptors (Lipinski definition) is 4. The molecule has 0 amide bonds. The SMILES string of the molecule is Cc1ccc(C(C)NS(=O)(=O)N2CC(C)OC(C)C2)o1. The van der Waals surface area contributed by atoms with Gasteiger partial charge in [-0.2, -0.15) is 17.4 Å². The first-order valence-electron chi connectivity index (χ1n) is 6.77. The van der Waals surface area contributed by atoms with Crippen LogP contribution in [-0.4, -0.2) is 38.0 Å². The second kappa shape index (κ2) is 5.85. The van der Waals surface area contributed by atoms with Crippen LogP contribution in [-0.2, 0) is 14.9 Å². The van der Waals surface area contributed by atoms with Gasteiger partial charge in [0.05, 0.1) is 18.2 Å². The summed E-state index contributed by atoms with van der Waals surface area (Å²) in [6.07, 6.45) is -0.201. The number of hydrogen-bond donors (Lipinski definition) is 1. The smallest absolute Gasteiger partial charge is 0.280 e. The van der Waals surface area contributed by atoms with Gasteiger partial charge in [0.1, 0.15) is 11.5 Å². The van der Waals surface area contributed by atoms with Crippen molar-refractivity contribution in [1.82, 2.24) is 9.03 Å². The first-order valence-corrected chi connectivity index (χ1v) is 8.21. The summed E-state index contributed by atoms with van der Waals surface area (Å²) in [6.45, 7) is 8.07. The molecule has 3 atom stereocenters. The highest BCUT2D eigenvalue weighted by Gasteiger charge is 2.32. The molecule has 1 aromatic rings. The van der Waals surface area contributed by atoms with Crippen molar-refractivity contribution in [3.63, 3.8) is 0 Å². The molecule has 0 bridgehead atoms. The Kier molecular flexibility index (Phi) is 4.53. The van der Waals surface area contributed by atoms with Crippen LogP contribution in [0.4, 0.5) is 0 Å². The van der Waals surface area contributed by atoms with Crippen LogP contribution in [0.15, 0.2) is 16.5 Å². The van der Waals surface area contributed by atoms with Crippen LogP contribution in [0.1, 0.15) is 38.3 Å². The van der Waals surface area contributed by atoms with E-state index >= 15 is 0 Å². The van der Waals surface area contributed by atoms with Crippen LogP contribution in [0.5, 0.6) is 0 Å². The number of rotatable bonds is 4. The third kappa shape index (κ3) is 3.60. The Hall–Kier alpha value is -0.890. The number of morpholine rings is 1. The second-order valence-corrected chi connectivity index (χ2v) is 7.07. The van der Waals surface area contributed by atoms with Gasteiger partial charge in [0.2, 0.25) is 0 Å². The zero-order valence-electron chi connectivity index (χ0n) is 12.3. The molecule has 6 nitrogen and oxygen atoms in total. The highest BCUT2D eigenvalue weighted by Crippen LogP contribution is 2.19. The van der Waals surface area contributed by atoms with Gasteiger partial charge >= 0.3 is 0 Å². The molecule has 114 valence electrons. The molecular formula is C13H22N2O4S. The zero-order valence-corrected chi connectivity index (χ0v) is 13.1. The topological polar surface area (TPSA) is 71.8 Å². The lowest BCUT2D eigenvalue weighted by Crippen LogP contribution is -2.52. The van der Waals surface area contributed by atoms with Crippen LogP contribution in [0.3, 0.4) is 0 Å². The standard InChI is InChI=1S/C13H22N2O4S/c1-9-5-6-13(19-9)12(4)14-20(16,17)15-7-10(2)18-11(3)8-15/h5-6,10-12,14H,7-8H2,1-4H3. The summed E-state index contributed by atoms with van der Waals surface area (Å²) in [4.78, 5) is 0. The summed E-state index contributed by atoms with van der Waals surface area (Å²) in [5.74, 6) is 1.38. The molecule has 0 radical (unpaired) electrons. The maximum atomic E-state index is 12.4. The Labute approximate surface area is 120 Å². The van der Waals surface area contributed by atoms with E-state index in [4.69, 9.17) is 9.15 Å². The van der Waals surface area contributed by atoms with Crippen molar-refractivity contribution in [2.24, 2.45) is 0 Å². The number of aryl methyl sites for hydroxylation is 1. The highest BCUT2D eigenvalue weighted by molar-refractivity contribution is 7.87. The van der Waals surface area contributed by atoms with Crippen molar-refractivity contribution in [1.29, 1.82) is 0 Å². The molecule has 1 fully saturated rings. The maximum absolute atomic E-state index is 12.4. The summed E-state index contributed by atoms with van der Waals surface area (Å²) in [6, 6.07) is 3.20. The summed E-state index contributed by atoms with van der Waals surface area (Å²) < 4.78 is 39.8. The first kappa shape index (κ1) is 15.5. The van der Waals surface area contributed by atoms with Gasteiger partial charge in [0, 0.05) is 13.1 Å². The quantitative estimate of drug-likeness (QED) is 0.917. The Morgan fingerprint density at radius 1 is 1.30 bits per heavy atom. The van der Waals surface area contributed by atoms with Gasteiger partial charge < -0.3 is 9.15 Å². The average molecular weight is 302 g/mol. The third-order valence-electron chi connectivity index (χ3n) is 3.24. The Morgan fingerprint density at radius 2 is 1.90 bits per heavy atom. The fourth-order valence-corrected chi connectivity index (χ4v) is 3.89. The average Bonchev–Trinajstić information content (AvgIpc) is 2.74. The molecule has 0 saturated carbocycles. The van der Waals surface area contributed by atoms with Crippen molar-refractivity contribution < 1.29 is 17.6 Å². The molecule has 7 heteroatoms. The summed E-state index contributed by atoms with van der Waals surface area (Å²) in [5.41, 5.74) is 0. The third-order valence-corrected chi connectivity index (χ3v) is 4.87. The van der Waals surface area contributed by atoms with Gasteiger partial charge in [-0.3, -0.25) is 0 Å². The van der Waals surface area contributed by atoms with E-state index in [0.717, 1.165) is 5.76 Å². The highest BCUT2D eigenvalue weighted by atomic mass is 32.2. The van der Waals surface area contributed by atoms with Gasteiger partial charge in [-0.25, -0.2) is 0 Å². The summed E-state index contributed by atoms with van der Waals surface area (Å²) in [5, 5.41) is 0. The molecule has 20 heavy (non-hydrogen) atoms. The van der Waals surface area contributed by atoms with Crippen molar-refractivity contribution >= 4 is 10.2 Å². The lowest BCUT2D eigenvalue weighted by molar-refractivity contribution is -0.0444. The molecular weight excluding hydrogens is 280 g/mol. The van der Waals surface area contributed by atoms with Crippen molar-refractivity contribution in [2.75, 3.05) is 13.1 Å². The minimum Gasteiger partial charge on any atom is -0.465 e. The molecule has 0 spiro atoms. The normalized spacial score (nSPS) is 26.6. The largest absolute Gasteiger partial charge is 0.465 e. The Balaban J connectivity index is 2.07. The van der Waals surface area contributed by atoms with E-state index in [1.165, 1.54) is 4.31 Å². The molecule has 0 aliphatic carbocycles. The molecule has 1 aromatic heterocycles. The Morgan fingerprint density at radius 3 is 2.40 bits per heavy atom. The number of nitrogens with zero attached hydrogens (tertiary/aromatic N) is 1. The maximum Gasteiger partial charge on any atom is 0.280 e. The monoisotopic (exact) mass is 302 g/mol. The Bertz CT molecular complexity index is 544. The van der Waals surface area contributed by atoms with E-state index in [1.807, 2.05) is 26.8 Å². The lowest BCUT2D eigenvalue weighted by Gasteiger charge is -2.34. The van der Waals surface area contributed by atoms with E-state index < -0.39 is 16.3 Å². The van der Waals surface area contributed by atoms with Gasteiger partial charge in [0.25, 0.3) is 10.2 Å². The predicted octanol–water partition coefficient (Wildman–Crippen LogP) is 1.59. The van der Waals surface area contributed by atoms with E-state index in [9.17, 15) is 8.42 Å². The molecule has 2 heterocycles.